The van der Waals surface area contributed by atoms with Gasteiger partial charge >= 0.3 is 0 Å². The van der Waals surface area contributed by atoms with Crippen LogP contribution < -0.4 is 14.2 Å². The zero-order valence-corrected chi connectivity index (χ0v) is 22.2. The molecule has 7 heteroatoms. The molecule has 37 heavy (non-hydrogen) atoms. The molecule has 3 aliphatic rings. The predicted molar refractivity (Wildman–Crippen MR) is 142 cm³/mol. The number of benzene rings is 2. The first-order valence-corrected chi connectivity index (χ1v) is 13.8. The van der Waals surface area contributed by atoms with Crippen LogP contribution in [0.4, 0.5) is 0 Å². The largest absolute Gasteiger partial charge is 0.490 e. The number of nitrogens with zero attached hydrogens (tertiary/aromatic N) is 2. The van der Waals surface area contributed by atoms with Crippen molar-refractivity contribution in [2.45, 2.75) is 64.8 Å². The summed E-state index contributed by atoms with van der Waals surface area (Å²) in [5.74, 6) is 2.86. The number of carbonyl (C=O) groups excluding carboxylic acids is 1. The van der Waals surface area contributed by atoms with Gasteiger partial charge in [0.05, 0.1) is 12.7 Å². The highest BCUT2D eigenvalue weighted by atomic mass is 16.6. The Labute approximate surface area is 220 Å². The van der Waals surface area contributed by atoms with Crippen molar-refractivity contribution in [1.29, 1.82) is 0 Å². The molecule has 1 saturated carbocycles. The topological polar surface area (TPSA) is 60.5 Å². The van der Waals surface area contributed by atoms with Gasteiger partial charge in [-0.3, -0.25) is 9.69 Å². The number of fused-ring (bicyclic) bond motifs is 1. The lowest BCUT2D eigenvalue weighted by molar-refractivity contribution is -0.151. The maximum Gasteiger partial charge on any atom is 0.253 e. The van der Waals surface area contributed by atoms with Gasteiger partial charge in [-0.1, -0.05) is 32.0 Å². The maximum atomic E-state index is 13.7. The Kier molecular flexibility index (Phi) is 8.52. The van der Waals surface area contributed by atoms with Crippen molar-refractivity contribution >= 4 is 5.91 Å². The molecule has 2 fully saturated rings. The average Bonchev–Trinajstić information content (AvgIpc) is 3.41. The van der Waals surface area contributed by atoms with Crippen molar-refractivity contribution in [3.8, 4) is 17.2 Å². The minimum Gasteiger partial charge on any atom is -0.490 e. The van der Waals surface area contributed by atoms with Crippen LogP contribution in [0.2, 0.25) is 0 Å². The fourth-order valence-corrected chi connectivity index (χ4v) is 5.45. The Morgan fingerprint density at radius 1 is 1.03 bits per heavy atom. The lowest BCUT2D eigenvalue weighted by Gasteiger charge is -2.35. The van der Waals surface area contributed by atoms with Crippen LogP contribution in [0.3, 0.4) is 0 Å². The van der Waals surface area contributed by atoms with E-state index >= 15 is 0 Å². The first-order chi connectivity index (χ1) is 18.0. The van der Waals surface area contributed by atoms with Gasteiger partial charge < -0.3 is 23.8 Å². The van der Waals surface area contributed by atoms with Crippen LogP contribution in [0.15, 0.2) is 42.5 Å². The predicted octanol–water partition coefficient (Wildman–Crippen LogP) is 4.66. The van der Waals surface area contributed by atoms with Crippen molar-refractivity contribution in [3.63, 3.8) is 0 Å². The van der Waals surface area contributed by atoms with Gasteiger partial charge in [-0.05, 0) is 67.0 Å². The molecule has 0 radical (unpaired) electrons. The summed E-state index contributed by atoms with van der Waals surface area (Å²) in [7, 11) is 0. The van der Waals surface area contributed by atoms with E-state index in [-0.39, 0.29) is 5.91 Å². The summed E-state index contributed by atoms with van der Waals surface area (Å²) in [6.45, 7) is 9.31. The minimum atomic E-state index is -0.470. The van der Waals surface area contributed by atoms with Crippen LogP contribution in [0.1, 0.15) is 50.7 Å². The molecule has 2 aromatic carbocycles. The Morgan fingerprint density at radius 3 is 2.65 bits per heavy atom. The highest BCUT2D eigenvalue weighted by Gasteiger charge is 2.31. The summed E-state index contributed by atoms with van der Waals surface area (Å²) in [6.07, 6.45) is 4.70. The van der Waals surface area contributed by atoms with E-state index in [1.807, 2.05) is 23.1 Å². The van der Waals surface area contributed by atoms with Crippen LogP contribution in [-0.4, -0.2) is 67.4 Å². The highest BCUT2D eigenvalue weighted by Crippen LogP contribution is 2.31. The van der Waals surface area contributed by atoms with E-state index in [0.717, 1.165) is 48.7 Å². The summed E-state index contributed by atoms with van der Waals surface area (Å²) in [5, 5.41) is 0. The SMILES string of the molecule is CC(C)CN(Cc1ccc2c(c1)OCCO2)C(=O)C1CN(Cc2cccc(OC3CCCC3)c2)CCO1. The zero-order valence-electron chi connectivity index (χ0n) is 22.2. The molecular formula is C30H40N2O5. The van der Waals surface area contributed by atoms with E-state index in [1.165, 1.54) is 18.4 Å². The average molecular weight is 509 g/mol. The quantitative estimate of drug-likeness (QED) is 0.491. The second kappa shape index (κ2) is 12.2. The lowest BCUT2D eigenvalue weighted by Crippen LogP contribution is -2.51. The number of hydrogen-bond donors (Lipinski definition) is 0. The normalized spacial score (nSPS) is 20.2. The fourth-order valence-electron chi connectivity index (χ4n) is 5.45. The standard InChI is InChI=1S/C30H40N2O5/c1-22(2)18-32(20-24-10-11-27-28(17-24)36-15-14-35-27)30(33)29-21-31(12-13-34-29)19-23-6-5-9-26(16-23)37-25-7-3-4-8-25/h5-6,9-11,16-17,22,25,29H,3-4,7-8,12-15,18-21H2,1-2H3. The van der Waals surface area contributed by atoms with Crippen LogP contribution in [0.5, 0.6) is 17.2 Å². The first-order valence-electron chi connectivity index (χ1n) is 13.8. The van der Waals surface area contributed by atoms with Crippen LogP contribution >= 0.6 is 0 Å². The molecule has 1 amide bonds. The lowest BCUT2D eigenvalue weighted by atomic mass is 10.1. The molecule has 2 aromatic rings. The Bertz CT molecular complexity index is 1050. The Balaban J connectivity index is 1.22. The zero-order chi connectivity index (χ0) is 25.6. The van der Waals surface area contributed by atoms with E-state index in [4.69, 9.17) is 18.9 Å². The summed E-state index contributed by atoms with van der Waals surface area (Å²) >= 11 is 0. The Morgan fingerprint density at radius 2 is 1.84 bits per heavy atom. The van der Waals surface area contributed by atoms with Crippen LogP contribution in [0.25, 0.3) is 0 Å². The fraction of sp³-hybridized carbons (Fsp3) is 0.567. The molecule has 0 N–H and O–H groups in total. The van der Waals surface area contributed by atoms with E-state index in [1.54, 1.807) is 0 Å². The van der Waals surface area contributed by atoms with Crippen molar-refractivity contribution in [3.05, 3.63) is 53.6 Å². The molecule has 1 atom stereocenters. The summed E-state index contributed by atoms with van der Waals surface area (Å²) < 4.78 is 23.6. The van der Waals surface area contributed by atoms with Gasteiger partial charge in [0.25, 0.3) is 5.91 Å². The third-order valence-electron chi connectivity index (χ3n) is 7.21. The van der Waals surface area contributed by atoms with E-state index in [0.29, 0.717) is 51.5 Å². The number of ether oxygens (including phenoxy) is 4. The van der Waals surface area contributed by atoms with E-state index in [2.05, 4.69) is 43.0 Å². The minimum absolute atomic E-state index is 0.0478. The molecule has 200 valence electrons. The third-order valence-corrected chi connectivity index (χ3v) is 7.21. The number of hydrogen-bond acceptors (Lipinski definition) is 6. The van der Waals surface area contributed by atoms with Crippen LogP contribution in [-0.2, 0) is 22.6 Å². The number of carbonyl (C=O) groups is 1. The maximum absolute atomic E-state index is 13.7. The van der Waals surface area contributed by atoms with Crippen molar-refractivity contribution in [1.82, 2.24) is 9.80 Å². The summed E-state index contributed by atoms with van der Waals surface area (Å²) in [5.41, 5.74) is 2.24. The second-order valence-corrected chi connectivity index (χ2v) is 10.9. The van der Waals surface area contributed by atoms with Gasteiger partial charge in [-0.25, -0.2) is 0 Å². The highest BCUT2D eigenvalue weighted by molar-refractivity contribution is 5.81. The molecule has 0 bridgehead atoms. The van der Waals surface area contributed by atoms with Gasteiger partial charge in [0.1, 0.15) is 25.1 Å². The molecule has 1 unspecified atom stereocenters. The van der Waals surface area contributed by atoms with Gasteiger partial charge in [0.15, 0.2) is 11.5 Å². The van der Waals surface area contributed by atoms with Crippen molar-refractivity contribution in [2.24, 2.45) is 5.92 Å². The molecule has 0 aromatic heterocycles. The number of morpholine rings is 1. The molecular weight excluding hydrogens is 468 g/mol. The smallest absolute Gasteiger partial charge is 0.253 e. The van der Waals surface area contributed by atoms with E-state index < -0.39 is 6.10 Å². The molecule has 2 aliphatic heterocycles. The van der Waals surface area contributed by atoms with Crippen molar-refractivity contribution < 1.29 is 23.7 Å². The molecule has 5 rings (SSSR count). The van der Waals surface area contributed by atoms with E-state index in [9.17, 15) is 4.79 Å². The second-order valence-electron chi connectivity index (χ2n) is 10.9. The third kappa shape index (κ3) is 6.96. The van der Waals surface area contributed by atoms with Crippen molar-refractivity contribution in [2.75, 3.05) is 39.5 Å². The molecule has 7 nitrogen and oxygen atoms in total. The molecule has 1 saturated heterocycles. The summed E-state index contributed by atoms with van der Waals surface area (Å²) in [4.78, 5) is 17.9. The Hall–Kier alpha value is -2.77. The molecule has 2 heterocycles. The number of rotatable bonds is 9. The van der Waals surface area contributed by atoms with Gasteiger partial charge in [-0.2, -0.15) is 0 Å². The molecule has 1 aliphatic carbocycles. The van der Waals surface area contributed by atoms with Crippen LogP contribution in [0, 0.1) is 5.92 Å². The number of amides is 1. The monoisotopic (exact) mass is 508 g/mol. The van der Waals surface area contributed by atoms with Gasteiger partial charge in [-0.15, -0.1) is 0 Å². The first kappa shape index (κ1) is 25.9. The molecule has 0 spiro atoms. The van der Waals surface area contributed by atoms with Gasteiger partial charge in [0, 0.05) is 32.7 Å². The van der Waals surface area contributed by atoms with Gasteiger partial charge in [0.2, 0.25) is 0 Å². The summed E-state index contributed by atoms with van der Waals surface area (Å²) in [6, 6.07) is 14.4.